The third-order valence-electron chi connectivity index (χ3n) is 6.39. The number of hydroxylamine groups is 1. The summed E-state index contributed by atoms with van der Waals surface area (Å²) in [5.41, 5.74) is 2.84. The summed E-state index contributed by atoms with van der Waals surface area (Å²) >= 11 is 0. The Morgan fingerprint density at radius 3 is 2.46 bits per heavy atom. The first-order valence-electron chi connectivity index (χ1n) is 12.3. The number of piperidine rings is 1. The maximum absolute atomic E-state index is 13.1. The molecule has 2 aromatic carbocycles. The van der Waals surface area contributed by atoms with E-state index in [0.29, 0.717) is 36.6 Å². The lowest BCUT2D eigenvalue weighted by Gasteiger charge is -2.37. The third-order valence-corrected chi connectivity index (χ3v) is 6.39. The lowest BCUT2D eigenvalue weighted by molar-refractivity contribution is -0.146. The van der Waals surface area contributed by atoms with E-state index in [2.05, 4.69) is 10.3 Å². The number of hydrogen-bond donors (Lipinski definition) is 3. The van der Waals surface area contributed by atoms with Gasteiger partial charge in [-0.15, -0.1) is 0 Å². The van der Waals surface area contributed by atoms with E-state index in [1.165, 1.54) is 0 Å². The number of carbonyl (C=O) groups is 3. The number of para-hydroxylation sites is 1. The van der Waals surface area contributed by atoms with Crippen LogP contribution in [0.15, 0.2) is 60.8 Å². The molecule has 37 heavy (non-hydrogen) atoms. The molecule has 194 valence electrons. The van der Waals surface area contributed by atoms with E-state index in [0.717, 1.165) is 10.9 Å². The highest BCUT2D eigenvalue weighted by Gasteiger charge is 2.40. The Hall–Kier alpha value is -3.98. The van der Waals surface area contributed by atoms with Gasteiger partial charge in [0.05, 0.1) is 17.4 Å². The monoisotopic (exact) mass is 504 g/mol. The SMILES string of the molecule is CC(C)(C)CC(=O)N1CC[C@H](C(=O)Nc2ccc(Oc3ccnc4ccccc34)cc2)[C@@H](C(=O)NO)C1. The first-order chi connectivity index (χ1) is 17.6. The van der Waals surface area contributed by atoms with Crippen molar-refractivity contribution in [1.29, 1.82) is 0 Å². The van der Waals surface area contributed by atoms with Gasteiger partial charge in [0.1, 0.15) is 11.5 Å². The second kappa shape index (κ2) is 11.0. The van der Waals surface area contributed by atoms with Gasteiger partial charge in [-0.1, -0.05) is 32.9 Å². The quantitative estimate of drug-likeness (QED) is 0.339. The van der Waals surface area contributed by atoms with Crippen LogP contribution in [-0.4, -0.2) is 45.9 Å². The average Bonchev–Trinajstić information content (AvgIpc) is 2.88. The van der Waals surface area contributed by atoms with E-state index >= 15 is 0 Å². The van der Waals surface area contributed by atoms with Gasteiger partial charge in [-0.3, -0.25) is 24.6 Å². The molecule has 0 saturated carbocycles. The van der Waals surface area contributed by atoms with Crippen molar-refractivity contribution < 1.29 is 24.3 Å². The summed E-state index contributed by atoms with van der Waals surface area (Å²) in [6.45, 7) is 6.36. The summed E-state index contributed by atoms with van der Waals surface area (Å²) in [4.78, 5) is 44.1. The Labute approximate surface area is 215 Å². The summed E-state index contributed by atoms with van der Waals surface area (Å²) in [6, 6.07) is 16.4. The van der Waals surface area contributed by atoms with Crippen molar-refractivity contribution in [3.05, 3.63) is 60.8 Å². The number of ether oxygens (including phenoxy) is 1. The van der Waals surface area contributed by atoms with Gasteiger partial charge in [0.25, 0.3) is 0 Å². The molecule has 4 rings (SSSR count). The van der Waals surface area contributed by atoms with Gasteiger partial charge in [-0.25, -0.2) is 5.48 Å². The van der Waals surface area contributed by atoms with E-state index in [9.17, 15) is 19.6 Å². The van der Waals surface area contributed by atoms with Crippen molar-refractivity contribution in [1.82, 2.24) is 15.4 Å². The Balaban J connectivity index is 1.42. The number of nitrogens with one attached hydrogen (secondary N) is 2. The van der Waals surface area contributed by atoms with E-state index in [1.807, 2.05) is 45.0 Å². The molecule has 9 nitrogen and oxygen atoms in total. The normalized spacial score (nSPS) is 17.8. The number of rotatable bonds is 6. The molecule has 3 N–H and O–H groups in total. The first kappa shape index (κ1) is 26.1. The molecule has 1 fully saturated rings. The molecule has 9 heteroatoms. The van der Waals surface area contributed by atoms with Gasteiger partial charge in [-0.05, 0) is 54.3 Å². The molecule has 0 bridgehead atoms. The van der Waals surface area contributed by atoms with E-state index in [4.69, 9.17) is 4.74 Å². The minimum absolute atomic E-state index is 0.0698. The molecule has 0 spiro atoms. The smallest absolute Gasteiger partial charge is 0.249 e. The molecule has 3 aromatic rings. The minimum atomic E-state index is -0.856. The standard InChI is InChI=1S/C28H32N4O5/c1-28(2,3)16-25(33)32-15-13-20(22(17-32)27(35)31-36)26(34)30-18-8-10-19(11-9-18)37-24-12-14-29-23-7-5-4-6-21(23)24/h4-12,14,20,22,36H,13,15-17H2,1-3H3,(H,30,34)(H,31,35)/t20-,22-/m0/s1. The summed E-state index contributed by atoms with van der Waals surface area (Å²) < 4.78 is 6.03. The number of anilines is 1. The van der Waals surface area contributed by atoms with Crippen LogP contribution in [0.1, 0.15) is 33.6 Å². The van der Waals surface area contributed by atoms with Crippen LogP contribution >= 0.6 is 0 Å². The van der Waals surface area contributed by atoms with Gasteiger partial charge in [-0.2, -0.15) is 0 Å². The number of aromatic nitrogens is 1. The molecule has 1 saturated heterocycles. The van der Waals surface area contributed by atoms with Crippen molar-refractivity contribution in [2.24, 2.45) is 17.3 Å². The number of carbonyl (C=O) groups excluding carboxylic acids is 3. The minimum Gasteiger partial charge on any atom is -0.457 e. The van der Waals surface area contributed by atoms with Gasteiger partial charge in [0, 0.05) is 36.8 Å². The predicted molar refractivity (Wildman–Crippen MR) is 139 cm³/mol. The zero-order valence-corrected chi connectivity index (χ0v) is 21.2. The third kappa shape index (κ3) is 6.42. The lowest BCUT2D eigenvalue weighted by Crippen LogP contribution is -2.52. The fourth-order valence-electron chi connectivity index (χ4n) is 4.53. The molecule has 0 radical (unpaired) electrons. The van der Waals surface area contributed by atoms with Crippen LogP contribution in [0.2, 0.25) is 0 Å². The van der Waals surface area contributed by atoms with Gasteiger partial charge in [0.15, 0.2) is 0 Å². The molecule has 2 heterocycles. The first-order valence-corrected chi connectivity index (χ1v) is 12.3. The summed E-state index contributed by atoms with van der Waals surface area (Å²) in [6.07, 6.45) is 2.34. The number of likely N-dealkylation sites (tertiary alicyclic amines) is 1. The number of pyridine rings is 1. The fourth-order valence-corrected chi connectivity index (χ4v) is 4.53. The predicted octanol–water partition coefficient (Wildman–Crippen LogP) is 4.37. The van der Waals surface area contributed by atoms with Gasteiger partial charge in [0.2, 0.25) is 17.7 Å². The van der Waals surface area contributed by atoms with Crippen molar-refractivity contribution in [3.63, 3.8) is 0 Å². The molecule has 0 unspecified atom stereocenters. The summed E-state index contributed by atoms with van der Waals surface area (Å²) in [7, 11) is 0. The zero-order chi connectivity index (χ0) is 26.6. The van der Waals surface area contributed by atoms with E-state index < -0.39 is 17.7 Å². The number of hydrogen-bond acceptors (Lipinski definition) is 6. The molecule has 1 aliphatic heterocycles. The number of amides is 3. The van der Waals surface area contributed by atoms with Crippen LogP contribution in [0.3, 0.4) is 0 Å². The molecule has 3 amide bonds. The Morgan fingerprint density at radius 2 is 1.76 bits per heavy atom. The van der Waals surface area contributed by atoms with E-state index in [1.54, 1.807) is 46.9 Å². The topological polar surface area (TPSA) is 121 Å². The Kier molecular flexibility index (Phi) is 7.73. The summed E-state index contributed by atoms with van der Waals surface area (Å²) in [5, 5.41) is 13.0. The highest BCUT2D eigenvalue weighted by molar-refractivity contribution is 5.96. The number of benzene rings is 2. The number of fused-ring (bicyclic) bond motifs is 1. The van der Waals surface area contributed by atoms with Crippen molar-refractivity contribution in [3.8, 4) is 11.5 Å². The highest BCUT2D eigenvalue weighted by atomic mass is 16.5. The fraction of sp³-hybridized carbons (Fsp3) is 0.357. The van der Waals surface area contributed by atoms with Crippen LogP contribution < -0.4 is 15.5 Å². The second-order valence-electron chi connectivity index (χ2n) is 10.5. The molecule has 2 atom stereocenters. The molecule has 1 aromatic heterocycles. The van der Waals surface area contributed by atoms with E-state index in [-0.39, 0.29) is 23.8 Å². The van der Waals surface area contributed by atoms with Crippen LogP contribution in [0.4, 0.5) is 5.69 Å². The summed E-state index contributed by atoms with van der Waals surface area (Å²) in [5.74, 6) is -1.37. The van der Waals surface area contributed by atoms with Crippen molar-refractivity contribution in [2.45, 2.75) is 33.6 Å². The molecular weight excluding hydrogens is 472 g/mol. The highest BCUT2D eigenvalue weighted by Crippen LogP contribution is 2.31. The Morgan fingerprint density at radius 1 is 1.03 bits per heavy atom. The molecule has 1 aliphatic rings. The van der Waals surface area contributed by atoms with Crippen LogP contribution in [0, 0.1) is 17.3 Å². The molecular formula is C28H32N4O5. The largest absolute Gasteiger partial charge is 0.457 e. The lowest BCUT2D eigenvalue weighted by atomic mass is 9.83. The second-order valence-corrected chi connectivity index (χ2v) is 10.5. The van der Waals surface area contributed by atoms with Crippen LogP contribution in [-0.2, 0) is 14.4 Å². The number of nitrogens with zero attached hydrogens (tertiary/aromatic N) is 2. The van der Waals surface area contributed by atoms with Crippen molar-refractivity contribution >= 4 is 34.3 Å². The van der Waals surface area contributed by atoms with Crippen LogP contribution in [0.25, 0.3) is 10.9 Å². The van der Waals surface area contributed by atoms with Crippen molar-refractivity contribution in [2.75, 3.05) is 18.4 Å². The molecule has 0 aliphatic carbocycles. The van der Waals surface area contributed by atoms with Crippen LogP contribution in [0.5, 0.6) is 11.5 Å². The van der Waals surface area contributed by atoms with Gasteiger partial charge >= 0.3 is 0 Å². The maximum atomic E-state index is 13.1. The zero-order valence-electron chi connectivity index (χ0n) is 21.2. The van der Waals surface area contributed by atoms with Gasteiger partial charge < -0.3 is 15.0 Å². The Bertz CT molecular complexity index is 1280. The average molecular weight is 505 g/mol. The maximum Gasteiger partial charge on any atom is 0.249 e.